The van der Waals surface area contributed by atoms with Crippen LogP contribution in [0.4, 0.5) is 11.4 Å². The van der Waals surface area contributed by atoms with Crippen LogP contribution in [-0.4, -0.2) is 11.5 Å². The Morgan fingerprint density at radius 1 is 1.00 bits per heavy atom. The van der Waals surface area contributed by atoms with Crippen molar-refractivity contribution in [1.29, 1.82) is 0 Å². The molecule has 3 rings (SSSR count). The van der Waals surface area contributed by atoms with Crippen molar-refractivity contribution in [2.45, 2.75) is 6.42 Å². The van der Waals surface area contributed by atoms with Gasteiger partial charge in [-0.1, -0.05) is 42.5 Å². The fourth-order valence-corrected chi connectivity index (χ4v) is 2.68. The van der Waals surface area contributed by atoms with Gasteiger partial charge in [-0.05, 0) is 30.2 Å². The molecule has 0 bridgehead atoms. The maximum atomic E-state index is 5.81. The predicted octanol–water partition coefficient (Wildman–Crippen LogP) is 3.02. The zero-order chi connectivity index (χ0) is 12.5. The average Bonchev–Trinajstić information content (AvgIpc) is 2.82. The minimum absolute atomic E-state index is 0.454. The number of nitrogens with zero attached hydrogens (tertiary/aromatic N) is 1. The molecule has 2 aromatic rings. The molecule has 3 heteroatoms. The zero-order valence-electron chi connectivity index (χ0n) is 9.97. The molecule has 1 heterocycles. The van der Waals surface area contributed by atoms with Crippen LogP contribution in [0.3, 0.4) is 0 Å². The highest BCUT2D eigenvalue weighted by atomic mass is 32.1. The highest BCUT2D eigenvalue weighted by Crippen LogP contribution is 2.35. The Morgan fingerprint density at radius 2 is 1.67 bits per heavy atom. The molecule has 2 nitrogen and oxygen atoms in total. The van der Waals surface area contributed by atoms with E-state index in [1.165, 1.54) is 11.3 Å². The van der Waals surface area contributed by atoms with Crippen LogP contribution in [0.25, 0.3) is 0 Å². The molecular weight excluding hydrogens is 240 g/mol. The summed E-state index contributed by atoms with van der Waals surface area (Å²) in [6, 6.07) is 16.5. The van der Waals surface area contributed by atoms with Crippen molar-refractivity contribution in [1.82, 2.24) is 0 Å². The summed E-state index contributed by atoms with van der Waals surface area (Å²) in [4.78, 5) is 2.75. The average molecular weight is 254 g/mol. The lowest BCUT2D eigenvalue weighted by atomic mass is 10.1. The fourth-order valence-electron chi connectivity index (χ4n) is 2.51. The number of thiocarbonyl (C=S) groups is 1. The standard InChI is InChI=1S/C15H14N2S/c16-15(18)12-6-2-4-8-14(12)17-10-9-11-5-1-3-7-13(11)17/h1-8H,9-10H2,(H2,16,18). The number of hydrogen-bond donors (Lipinski definition) is 1. The molecule has 0 aliphatic carbocycles. The van der Waals surface area contributed by atoms with E-state index in [-0.39, 0.29) is 0 Å². The van der Waals surface area contributed by atoms with Gasteiger partial charge in [0, 0.05) is 17.8 Å². The highest BCUT2D eigenvalue weighted by molar-refractivity contribution is 7.80. The van der Waals surface area contributed by atoms with E-state index in [0.29, 0.717) is 4.99 Å². The Hall–Kier alpha value is -1.87. The van der Waals surface area contributed by atoms with Gasteiger partial charge < -0.3 is 10.6 Å². The molecule has 0 saturated carbocycles. The molecule has 1 aliphatic heterocycles. The summed E-state index contributed by atoms with van der Waals surface area (Å²) >= 11 is 5.13. The molecular formula is C15H14N2S. The third-order valence-corrected chi connectivity index (χ3v) is 3.57. The summed E-state index contributed by atoms with van der Waals surface area (Å²) in [5.41, 5.74) is 10.5. The quantitative estimate of drug-likeness (QED) is 0.835. The summed E-state index contributed by atoms with van der Waals surface area (Å²) < 4.78 is 0. The molecule has 1 aliphatic rings. The Balaban J connectivity index is 2.10. The molecule has 0 amide bonds. The second-order valence-corrected chi connectivity index (χ2v) is 4.85. The Kier molecular flexibility index (Phi) is 2.76. The Labute approximate surface area is 112 Å². The van der Waals surface area contributed by atoms with Crippen LogP contribution in [-0.2, 0) is 6.42 Å². The summed E-state index contributed by atoms with van der Waals surface area (Å²) in [5.74, 6) is 0. The van der Waals surface area contributed by atoms with E-state index in [9.17, 15) is 0 Å². The van der Waals surface area contributed by atoms with Gasteiger partial charge in [0.15, 0.2) is 0 Å². The van der Waals surface area contributed by atoms with Gasteiger partial charge in [-0.3, -0.25) is 0 Å². The zero-order valence-corrected chi connectivity index (χ0v) is 10.8. The van der Waals surface area contributed by atoms with Gasteiger partial charge in [-0.25, -0.2) is 0 Å². The van der Waals surface area contributed by atoms with Crippen molar-refractivity contribution >= 4 is 28.6 Å². The van der Waals surface area contributed by atoms with Crippen molar-refractivity contribution in [2.24, 2.45) is 5.73 Å². The molecule has 0 aromatic heterocycles. The summed E-state index contributed by atoms with van der Waals surface area (Å²) in [6.45, 7) is 0.985. The lowest BCUT2D eigenvalue weighted by molar-refractivity contribution is 0.997. The highest BCUT2D eigenvalue weighted by Gasteiger charge is 2.21. The smallest absolute Gasteiger partial charge is 0.106 e. The molecule has 90 valence electrons. The van der Waals surface area contributed by atoms with Crippen LogP contribution in [0.15, 0.2) is 48.5 Å². The Bertz CT molecular complexity index is 607. The van der Waals surface area contributed by atoms with E-state index in [4.69, 9.17) is 18.0 Å². The minimum atomic E-state index is 0.454. The van der Waals surface area contributed by atoms with Crippen molar-refractivity contribution < 1.29 is 0 Å². The lowest BCUT2D eigenvalue weighted by Gasteiger charge is -2.22. The van der Waals surface area contributed by atoms with E-state index in [2.05, 4.69) is 35.2 Å². The maximum Gasteiger partial charge on any atom is 0.106 e. The molecule has 0 spiro atoms. The number of benzene rings is 2. The van der Waals surface area contributed by atoms with E-state index in [0.717, 1.165) is 24.2 Å². The SMILES string of the molecule is NC(=S)c1ccccc1N1CCc2ccccc21. The molecule has 0 fully saturated rings. The first-order chi connectivity index (χ1) is 8.77. The van der Waals surface area contributed by atoms with Gasteiger partial charge in [0.2, 0.25) is 0 Å². The Morgan fingerprint density at radius 3 is 2.44 bits per heavy atom. The number of anilines is 2. The first kappa shape index (κ1) is 11.2. The number of fused-ring (bicyclic) bond motifs is 1. The van der Waals surface area contributed by atoms with Gasteiger partial charge in [-0.15, -0.1) is 0 Å². The van der Waals surface area contributed by atoms with Crippen molar-refractivity contribution in [3.8, 4) is 0 Å². The van der Waals surface area contributed by atoms with Crippen molar-refractivity contribution in [3.63, 3.8) is 0 Å². The van der Waals surface area contributed by atoms with E-state index < -0.39 is 0 Å². The van der Waals surface area contributed by atoms with Gasteiger partial charge in [0.1, 0.15) is 4.99 Å². The van der Waals surface area contributed by atoms with Crippen molar-refractivity contribution in [2.75, 3.05) is 11.4 Å². The summed E-state index contributed by atoms with van der Waals surface area (Å²) in [7, 11) is 0. The van der Waals surface area contributed by atoms with Crippen LogP contribution in [0.2, 0.25) is 0 Å². The van der Waals surface area contributed by atoms with Gasteiger partial charge >= 0.3 is 0 Å². The van der Waals surface area contributed by atoms with Crippen LogP contribution < -0.4 is 10.6 Å². The summed E-state index contributed by atoms with van der Waals surface area (Å²) in [5, 5.41) is 0. The maximum absolute atomic E-state index is 5.81. The third kappa shape index (κ3) is 1.77. The van der Waals surface area contributed by atoms with Crippen LogP contribution >= 0.6 is 12.2 Å². The van der Waals surface area contributed by atoms with E-state index in [1.54, 1.807) is 0 Å². The molecule has 18 heavy (non-hydrogen) atoms. The number of rotatable bonds is 2. The number of hydrogen-bond acceptors (Lipinski definition) is 2. The number of nitrogens with two attached hydrogens (primary N) is 1. The lowest BCUT2D eigenvalue weighted by Crippen LogP contribution is -2.19. The molecule has 2 aromatic carbocycles. The predicted molar refractivity (Wildman–Crippen MR) is 79.5 cm³/mol. The van der Waals surface area contributed by atoms with Gasteiger partial charge in [-0.2, -0.15) is 0 Å². The third-order valence-electron chi connectivity index (χ3n) is 3.35. The first-order valence-electron chi connectivity index (χ1n) is 6.01. The topological polar surface area (TPSA) is 29.3 Å². The second-order valence-electron chi connectivity index (χ2n) is 4.41. The van der Waals surface area contributed by atoms with Gasteiger partial charge in [0.25, 0.3) is 0 Å². The summed E-state index contributed by atoms with van der Waals surface area (Å²) in [6.07, 6.45) is 1.07. The second kappa shape index (κ2) is 4.42. The first-order valence-corrected chi connectivity index (χ1v) is 6.42. The monoisotopic (exact) mass is 254 g/mol. The molecule has 0 atom stereocenters. The van der Waals surface area contributed by atoms with E-state index >= 15 is 0 Å². The van der Waals surface area contributed by atoms with Crippen LogP contribution in [0.5, 0.6) is 0 Å². The fraction of sp³-hybridized carbons (Fsp3) is 0.133. The minimum Gasteiger partial charge on any atom is -0.389 e. The largest absolute Gasteiger partial charge is 0.389 e. The van der Waals surface area contributed by atoms with E-state index in [1.807, 2.05) is 18.2 Å². The number of para-hydroxylation sites is 2. The molecule has 2 N–H and O–H groups in total. The van der Waals surface area contributed by atoms with Crippen LogP contribution in [0, 0.1) is 0 Å². The van der Waals surface area contributed by atoms with Crippen molar-refractivity contribution in [3.05, 3.63) is 59.7 Å². The van der Waals surface area contributed by atoms with Gasteiger partial charge in [0.05, 0.1) is 5.69 Å². The molecule has 0 unspecified atom stereocenters. The molecule has 0 saturated heterocycles. The normalized spacial score (nSPS) is 13.4. The molecule has 0 radical (unpaired) electrons. The van der Waals surface area contributed by atoms with Crippen LogP contribution in [0.1, 0.15) is 11.1 Å².